The third-order valence-corrected chi connectivity index (χ3v) is 7.74. The molecule has 0 saturated carbocycles. The van der Waals surface area contributed by atoms with Crippen LogP contribution in [0.5, 0.6) is 0 Å². The zero-order valence-electron chi connectivity index (χ0n) is 16.5. The summed E-state index contributed by atoms with van der Waals surface area (Å²) in [6.07, 6.45) is 4.88. The minimum absolute atomic E-state index is 0.142. The number of pyridine rings is 1. The molecule has 2 fully saturated rings. The van der Waals surface area contributed by atoms with E-state index in [2.05, 4.69) is 27.9 Å². The number of aryl methyl sites for hydroxylation is 1. The van der Waals surface area contributed by atoms with Crippen molar-refractivity contribution < 1.29 is 9.53 Å². The van der Waals surface area contributed by atoms with Gasteiger partial charge >= 0.3 is 0 Å². The molecule has 2 aliphatic heterocycles. The molecule has 3 aromatic rings. The summed E-state index contributed by atoms with van der Waals surface area (Å²) < 4.78 is 5.43. The Kier molecular flexibility index (Phi) is 5.34. The van der Waals surface area contributed by atoms with Crippen molar-refractivity contribution in [2.45, 2.75) is 25.8 Å². The Morgan fingerprint density at radius 3 is 2.90 bits per heavy atom. The number of morpholine rings is 1. The molecule has 0 radical (unpaired) electrons. The van der Waals surface area contributed by atoms with Crippen LogP contribution in [-0.2, 0) is 11.3 Å². The molecule has 29 heavy (non-hydrogen) atoms. The summed E-state index contributed by atoms with van der Waals surface area (Å²) in [6, 6.07) is 4.10. The lowest BCUT2D eigenvalue weighted by molar-refractivity contribution is 0.0305. The van der Waals surface area contributed by atoms with Gasteiger partial charge in [0.1, 0.15) is 4.83 Å². The molecule has 8 heteroatoms. The highest BCUT2D eigenvalue weighted by Gasteiger charge is 2.33. The number of fused-ring (bicyclic) bond motifs is 1. The van der Waals surface area contributed by atoms with E-state index in [-0.39, 0.29) is 5.91 Å². The van der Waals surface area contributed by atoms with Gasteiger partial charge in [-0.1, -0.05) is 6.07 Å². The number of hydrogen-bond donors (Lipinski definition) is 0. The van der Waals surface area contributed by atoms with Gasteiger partial charge in [0, 0.05) is 54.8 Å². The largest absolute Gasteiger partial charge is 0.378 e. The topological polar surface area (TPSA) is 58.6 Å². The molecule has 2 aliphatic rings. The maximum Gasteiger partial charge on any atom is 0.264 e. The Morgan fingerprint density at radius 1 is 1.24 bits per heavy atom. The van der Waals surface area contributed by atoms with Crippen molar-refractivity contribution in [2.24, 2.45) is 0 Å². The lowest BCUT2D eigenvalue weighted by atomic mass is 9.95. The van der Waals surface area contributed by atoms with Gasteiger partial charge in [-0.25, -0.2) is 9.97 Å². The highest BCUT2D eigenvalue weighted by Crippen LogP contribution is 2.40. The van der Waals surface area contributed by atoms with Crippen LogP contribution in [0, 0.1) is 6.92 Å². The monoisotopic (exact) mass is 428 g/mol. The molecule has 5 rings (SSSR count). The summed E-state index contributed by atoms with van der Waals surface area (Å²) in [5.74, 6) is 0.504. The number of carbonyl (C=O) groups excluding carboxylic acids is 1. The van der Waals surface area contributed by atoms with E-state index in [0.717, 1.165) is 46.2 Å². The first-order chi connectivity index (χ1) is 14.2. The molecular formula is C21H24N4O2S2. The SMILES string of the molecule is Cc1ncc(CN2CC[C@@H](c3c(C(=O)N4CCOCC4)sc4ncccc34)C2)s1. The van der Waals surface area contributed by atoms with Gasteiger partial charge in [-0.3, -0.25) is 9.69 Å². The van der Waals surface area contributed by atoms with Gasteiger partial charge in [-0.15, -0.1) is 22.7 Å². The smallest absolute Gasteiger partial charge is 0.264 e. The summed E-state index contributed by atoms with van der Waals surface area (Å²) in [7, 11) is 0. The third-order valence-electron chi connectivity index (χ3n) is 5.73. The maximum absolute atomic E-state index is 13.4. The normalized spacial score (nSPS) is 20.6. The van der Waals surface area contributed by atoms with Crippen molar-refractivity contribution in [3.8, 4) is 0 Å². The standard InChI is InChI=1S/C21H24N4O2S2/c1-14-23-11-16(28-14)13-24-6-4-15(12-24)18-17-3-2-5-22-20(17)29-19(18)21(26)25-7-9-27-10-8-25/h2-3,5,11,15H,4,6-10,12-13H2,1H3/t15-/m1/s1. The molecule has 0 aliphatic carbocycles. The Labute approximate surface area is 178 Å². The summed E-state index contributed by atoms with van der Waals surface area (Å²) in [5.41, 5.74) is 1.21. The van der Waals surface area contributed by atoms with E-state index in [1.807, 2.05) is 23.4 Å². The van der Waals surface area contributed by atoms with Crippen molar-refractivity contribution in [3.63, 3.8) is 0 Å². The van der Waals surface area contributed by atoms with Crippen molar-refractivity contribution in [3.05, 3.63) is 44.9 Å². The lowest BCUT2D eigenvalue weighted by Gasteiger charge is -2.27. The van der Waals surface area contributed by atoms with Crippen LogP contribution < -0.4 is 0 Å². The van der Waals surface area contributed by atoms with Crippen molar-refractivity contribution >= 4 is 38.8 Å². The molecule has 0 unspecified atom stereocenters. The van der Waals surface area contributed by atoms with Crippen LogP contribution in [0.3, 0.4) is 0 Å². The minimum Gasteiger partial charge on any atom is -0.378 e. The number of amides is 1. The minimum atomic E-state index is 0.142. The molecule has 0 spiro atoms. The summed E-state index contributed by atoms with van der Waals surface area (Å²) in [5, 5.41) is 2.26. The number of hydrogen-bond acceptors (Lipinski definition) is 7. The maximum atomic E-state index is 13.4. The van der Waals surface area contributed by atoms with Crippen LogP contribution in [0.15, 0.2) is 24.5 Å². The summed E-state index contributed by atoms with van der Waals surface area (Å²) >= 11 is 3.32. The van der Waals surface area contributed by atoms with Crippen molar-refractivity contribution in [2.75, 3.05) is 39.4 Å². The molecule has 0 bridgehead atoms. The zero-order chi connectivity index (χ0) is 19.8. The van der Waals surface area contributed by atoms with E-state index in [0.29, 0.717) is 32.2 Å². The zero-order valence-corrected chi connectivity index (χ0v) is 18.1. The first-order valence-electron chi connectivity index (χ1n) is 10.1. The number of carbonyl (C=O) groups is 1. The fourth-order valence-corrected chi connectivity index (χ4v) is 6.37. The summed E-state index contributed by atoms with van der Waals surface area (Å²) in [4.78, 5) is 29.9. The van der Waals surface area contributed by atoms with Crippen molar-refractivity contribution in [1.29, 1.82) is 0 Å². The number of thiazole rings is 1. The fraction of sp³-hybridized carbons (Fsp3) is 0.476. The number of nitrogens with zero attached hydrogens (tertiary/aromatic N) is 4. The van der Waals surface area contributed by atoms with E-state index >= 15 is 0 Å². The molecule has 152 valence electrons. The van der Waals surface area contributed by atoms with Crippen molar-refractivity contribution in [1.82, 2.24) is 19.8 Å². The number of aromatic nitrogens is 2. The molecule has 5 heterocycles. The van der Waals surface area contributed by atoms with Crippen LogP contribution in [0.1, 0.15) is 37.5 Å². The quantitative estimate of drug-likeness (QED) is 0.636. The molecule has 1 atom stereocenters. The third kappa shape index (κ3) is 3.82. The Morgan fingerprint density at radius 2 is 2.10 bits per heavy atom. The average Bonchev–Trinajstić information content (AvgIpc) is 3.46. The first-order valence-corrected chi connectivity index (χ1v) is 11.7. The van der Waals surface area contributed by atoms with Gasteiger partial charge in [-0.05, 0) is 31.5 Å². The predicted molar refractivity (Wildman–Crippen MR) is 116 cm³/mol. The van der Waals surface area contributed by atoms with E-state index in [1.165, 1.54) is 10.4 Å². The van der Waals surface area contributed by atoms with Crippen LogP contribution in [-0.4, -0.2) is 65.1 Å². The van der Waals surface area contributed by atoms with Gasteiger partial charge in [0.05, 0.1) is 23.1 Å². The van der Waals surface area contributed by atoms with E-state index < -0.39 is 0 Å². The fourth-order valence-electron chi connectivity index (χ4n) is 4.34. The summed E-state index contributed by atoms with van der Waals surface area (Å²) in [6.45, 7) is 7.59. The molecular weight excluding hydrogens is 404 g/mol. The second-order valence-corrected chi connectivity index (χ2v) is 9.99. The van der Waals surface area contributed by atoms with Gasteiger partial charge in [-0.2, -0.15) is 0 Å². The van der Waals surface area contributed by atoms with Crippen LogP contribution in [0.25, 0.3) is 10.2 Å². The highest BCUT2D eigenvalue weighted by molar-refractivity contribution is 7.20. The van der Waals surface area contributed by atoms with Gasteiger partial charge in [0.25, 0.3) is 5.91 Å². The van der Waals surface area contributed by atoms with E-state index in [4.69, 9.17) is 4.74 Å². The Bertz CT molecular complexity index is 1020. The number of rotatable bonds is 4. The number of ether oxygens (including phenoxy) is 1. The Balaban J connectivity index is 1.43. The number of likely N-dealkylation sites (tertiary alicyclic amines) is 1. The molecule has 6 nitrogen and oxygen atoms in total. The van der Waals surface area contributed by atoms with Gasteiger partial charge in [0.15, 0.2) is 0 Å². The van der Waals surface area contributed by atoms with Crippen LogP contribution in [0.2, 0.25) is 0 Å². The van der Waals surface area contributed by atoms with E-state index in [1.54, 1.807) is 22.7 Å². The molecule has 0 aromatic carbocycles. The second-order valence-electron chi connectivity index (χ2n) is 7.67. The molecule has 3 aromatic heterocycles. The predicted octanol–water partition coefficient (Wildman–Crippen LogP) is 3.52. The number of thiophene rings is 1. The van der Waals surface area contributed by atoms with Crippen LogP contribution in [0.4, 0.5) is 0 Å². The first kappa shape index (κ1) is 19.1. The molecule has 2 saturated heterocycles. The molecule has 0 N–H and O–H groups in total. The molecule has 1 amide bonds. The van der Waals surface area contributed by atoms with Gasteiger partial charge in [0.2, 0.25) is 0 Å². The van der Waals surface area contributed by atoms with Crippen LogP contribution >= 0.6 is 22.7 Å². The van der Waals surface area contributed by atoms with E-state index in [9.17, 15) is 4.79 Å². The van der Waals surface area contributed by atoms with Gasteiger partial charge < -0.3 is 9.64 Å². The lowest BCUT2D eigenvalue weighted by Crippen LogP contribution is -2.40. The Hall–Kier alpha value is -1.87. The average molecular weight is 429 g/mol. The highest BCUT2D eigenvalue weighted by atomic mass is 32.1. The second kappa shape index (κ2) is 8.10.